The molecule has 0 atom stereocenters. The third kappa shape index (κ3) is 3.34. The Kier molecular flexibility index (Phi) is 4.18. The van der Waals surface area contributed by atoms with Crippen LogP contribution in [0.25, 0.3) is 11.3 Å². The lowest BCUT2D eigenvalue weighted by Gasteiger charge is -2.03. The minimum absolute atomic E-state index is 0.446. The number of nitrogens with zero attached hydrogens (tertiary/aromatic N) is 1. The molecule has 0 aliphatic rings. The van der Waals surface area contributed by atoms with E-state index in [0.717, 1.165) is 17.0 Å². The fraction of sp³-hybridized carbons (Fsp3) is 0.286. The Labute approximate surface area is 111 Å². The number of amides is 1. The van der Waals surface area contributed by atoms with E-state index >= 15 is 0 Å². The third-order valence-electron chi connectivity index (χ3n) is 2.66. The van der Waals surface area contributed by atoms with Crippen molar-refractivity contribution in [3.05, 3.63) is 42.0 Å². The van der Waals surface area contributed by atoms with E-state index in [2.05, 4.69) is 15.0 Å². The molecule has 0 aliphatic carbocycles. The van der Waals surface area contributed by atoms with E-state index < -0.39 is 6.09 Å². The van der Waals surface area contributed by atoms with Gasteiger partial charge in [-0.05, 0) is 0 Å². The number of benzene rings is 1. The van der Waals surface area contributed by atoms with Gasteiger partial charge in [0.15, 0.2) is 5.89 Å². The molecule has 1 N–H and O–H groups in total. The highest BCUT2D eigenvalue weighted by Crippen LogP contribution is 2.23. The topological polar surface area (TPSA) is 64.4 Å². The van der Waals surface area contributed by atoms with Gasteiger partial charge in [0.2, 0.25) is 0 Å². The van der Waals surface area contributed by atoms with Crippen LogP contribution >= 0.6 is 0 Å². The van der Waals surface area contributed by atoms with E-state index in [0.29, 0.717) is 18.9 Å². The number of ether oxygens (including phenoxy) is 1. The number of rotatable bonds is 4. The van der Waals surface area contributed by atoms with Gasteiger partial charge in [0, 0.05) is 25.5 Å². The lowest BCUT2D eigenvalue weighted by Crippen LogP contribution is -2.25. The van der Waals surface area contributed by atoms with Crippen LogP contribution in [0, 0.1) is 6.92 Å². The van der Waals surface area contributed by atoms with Crippen molar-refractivity contribution in [2.75, 3.05) is 13.7 Å². The van der Waals surface area contributed by atoms with Crippen molar-refractivity contribution in [3.8, 4) is 11.3 Å². The molecular formula is C14H16N2O3. The quantitative estimate of drug-likeness (QED) is 0.917. The van der Waals surface area contributed by atoms with Crippen molar-refractivity contribution >= 4 is 6.09 Å². The highest BCUT2D eigenvalue weighted by atomic mass is 16.5. The van der Waals surface area contributed by atoms with E-state index in [4.69, 9.17) is 4.42 Å². The second kappa shape index (κ2) is 6.04. The summed E-state index contributed by atoms with van der Waals surface area (Å²) >= 11 is 0. The van der Waals surface area contributed by atoms with Gasteiger partial charge < -0.3 is 14.5 Å². The molecule has 1 aromatic carbocycles. The number of alkyl carbamates (subject to hydrolysis) is 1. The number of hydrogen-bond acceptors (Lipinski definition) is 4. The average Bonchev–Trinajstić information content (AvgIpc) is 2.80. The van der Waals surface area contributed by atoms with Crippen LogP contribution in [0.3, 0.4) is 0 Å². The zero-order valence-corrected chi connectivity index (χ0v) is 11.0. The summed E-state index contributed by atoms with van der Waals surface area (Å²) in [4.78, 5) is 15.4. The summed E-state index contributed by atoms with van der Waals surface area (Å²) in [5.74, 6) is 1.38. The van der Waals surface area contributed by atoms with Crippen LogP contribution in [0.15, 0.2) is 34.7 Å². The summed E-state index contributed by atoms with van der Waals surface area (Å²) in [6.45, 7) is 2.25. The van der Waals surface area contributed by atoms with Crippen LogP contribution < -0.4 is 5.32 Å². The number of carbonyl (C=O) groups excluding carboxylic acids is 1. The Morgan fingerprint density at radius 1 is 1.37 bits per heavy atom. The normalized spacial score (nSPS) is 10.2. The van der Waals surface area contributed by atoms with E-state index in [1.54, 1.807) is 0 Å². The highest BCUT2D eigenvalue weighted by molar-refractivity contribution is 5.67. The molecule has 1 amide bonds. The van der Waals surface area contributed by atoms with Crippen molar-refractivity contribution in [1.82, 2.24) is 10.3 Å². The molecule has 0 fully saturated rings. The number of carbonyl (C=O) groups is 1. The number of hydrogen-bond donors (Lipinski definition) is 1. The highest BCUT2D eigenvalue weighted by Gasteiger charge is 2.13. The van der Waals surface area contributed by atoms with Crippen LogP contribution in [0.5, 0.6) is 0 Å². The minimum Gasteiger partial charge on any atom is -0.453 e. The van der Waals surface area contributed by atoms with Crippen LogP contribution in [-0.2, 0) is 11.2 Å². The molecule has 0 saturated heterocycles. The van der Waals surface area contributed by atoms with Crippen LogP contribution in [0.1, 0.15) is 11.7 Å². The van der Waals surface area contributed by atoms with Gasteiger partial charge in [0.25, 0.3) is 0 Å². The zero-order valence-electron chi connectivity index (χ0n) is 11.0. The lowest BCUT2D eigenvalue weighted by molar-refractivity contribution is 0.171. The first kappa shape index (κ1) is 13.1. The maximum Gasteiger partial charge on any atom is 0.406 e. The Bertz CT molecular complexity index is 549. The monoisotopic (exact) mass is 260 g/mol. The molecule has 100 valence electrons. The first-order valence-corrected chi connectivity index (χ1v) is 6.04. The van der Waals surface area contributed by atoms with Crippen molar-refractivity contribution < 1.29 is 13.9 Å². The lowest BCUT2D eigenvalue weighted by atomic mass is 10.1. The van der Waals surface area contributed by atoms with Gasteiger partial charge in [-0.15, -0.1) is 0 Å². The molecule has 0 radical (unpaired) electrons. The molecule has 0 unspecified atom stereocenters. The predicted octanol–water partition coefficient (Wildman–Crippen LogP) is 2.55. The van der Waals surface area contributed by atoms with Gasteiger partial charge in [-0.1, -0.05) is 30.3 Å². The third-order valence-corrected chi connectivity index (χ3v) is 2.66. The van der Waals surface area contributed by atoms with Gasteiger partial charge in [-0.3, -0.25) is 0 Å². The van der Waals surface area contributed by atoms with Crippen molar-refractivity contribution in [1.29, 1.82) is 0 Å². The Balaban J connectivity index is 2.11. The maximum atomic E-state index is 11.0. The van der Waals surface area contributed by atoms with Gasteiger partial charge in [-0.2, -0.15) is 0 Å². The fourth-order valence-corrected chi connectivity index (χ4v) is 1.81. The van der Waals surface area contributed by atoms with Crippen molar-refractivity contribution in [3.63, 3.8) is 0 Å². The maximum absolute atomic E-state index is 11.0. The molecule has 0 aliphatic heterocycles. The molecule has 5 heteroatoms. The second-order valence-corrected chi connectivity index (χ2v) is 4.04. The van der Waals surface area contributed by atoms with Gasteiger partial charge >= 0.3 is 6.09 Å². The Hall–Kier alpha value is -2.30. The molecular weight excluding hydrogens is 244 g/mol. The Morgan fingerprint density at radius 3 is 2.79 bits per heavy atom. The number of oxazole rings is 1. The standard InChI is InChI=1S/C14H16N2O3/c1-10-16-13(11-6-4-3-5-7-11)12(19-10)8-9-15-14(17)18-2/h3-7H,8-9H2,1-2H3,(H,15,17). The number of aromatic nitrogens is 1. The minimum atomic E-state index is -0.447. The van der Waals surface area contributed by atoms with Crippen LogP contribution in [0.4, 0.5) is 4.79 Å². The number of methoxy groups -OCH3 is 1. The number of nitrogens with one attached hydrogen (secondary N) is 1. The Morgan fingerprint density at radius 2 is 2.11 bits per heavy atom. The summed E-state index contributed by atoms with van der Waals surface area (Å²) in [5.41, 5.74) is 1.83. The van der Waals surface area contributed by atoms with Gasteiger partial charge in [-0.25, -0.2) is 9.78 Å². The molecule has 1 aromatic heterocycles. The smallest absolute Gasteiger partial charge is 0.406 e. The van der Waals surface area contributed by atoms with E-state index in [1.807, 2.05) is 37.3 Å². The second-order valence-electron chi connectivity index (χ2n) is 4.04. The number of aryl methyl sites for hydroxylation is 1. The first-order chi connectivity index (χ1) is 9.20. The predicted molar refractivity (Wildman–Crippen MR) is 70.8 cm³/mol. The zero-order chi connectivity index (χ0) is 13.7. The summed E-state index contributed by atoms with van der Waals surface area (Å²) in [6, 6.07) is 9.82. The summed E-state index contributed by atoms with van der Waals surface area (Å²) in [7, 11) is 1.34. The fourth-order valence-electron chi connectivity index (χ4n) is 1.81. The van der Waals surface area contributed by atoms with Crippen LogP contribution in [0.2, 0.25) is 0 Å². The van der Waals surface area contributed by atoms with E-state index in [9.17, 15) is 4.79 Å². The average molecular weight is 260 g/mol. The summed E-state index contributed by atoms with van der Waals surface area (Å²) < 4.78 is 10.1. The molecule has 19 heavy (non-hydrogen) atoms. The van der Waals surface area contributed by atoms with Crippen molar-refractivity contribution in [2.45, 2.75) is 13.3 Å². The molecule has 2 aromatic rings. The van der Waals surface area contributed by atoms with Crippen molar-refractivity contribution in [2.24, 2.45) is 0 Å². The molecule has 0 saturated carbocycles. The summed E-state index contributed by atoms with van der Waals surface area (Å²) in [6.07, 6.45) is 0.123. The molecule has 0 spiro atoms. The van der Waals surface area contributed by atoms with Gasteiger partial charge in [0.05, 0.1) is 7.11 Å². The molecule has 5 nitrogen and oxygen atoms in total. The van der Waals surface area contributed by atoms with E-state index in [-0.39, 0.29) is 0 Å². The largest absolute Gasteiger partial charge is 0.453 e. The molecule has 1 heterocycles. The van der Waals surface area contributed by atoms with Gasteiger partial charge in [0.1, 0.15) is 11.5 Å². The first-order valence-electron chi connectivity index (χ1n) is 6.04. The van der Waals surface area contributed by atoms with Crippen LogP contribution in [-0.4, -0.2) is 24.7 Å². The SMILES string of the molecule is COC(=O)NCCc1oc(C)nc1-c1ccccc1. The molecule has 2 rings (SSSR count). The summed E-state index contributed by atoms with van der Waals surface area (Å²) in [5, 5.41) is 2.62. The van der Waals surface area contributed by atoms with E-state index in [1.165, 1.54) is 7.11 Å². The molecule has 0 bridgehead atoms.